The molecule has 0 bridgehead atoms. The number of benzene rings is 2. The van der Waals surface area contributed by atoms with Crippen LogP contribution in [0.15, 0.2) is 54.6 Å². The van der Waals surface area contributed by atoms with Gasteiger partial charge in [0.05, 0.1) is 12.7 Å². The number of phenolic OH excluding ortho intramolecular Hbond substituents is 2. The molecule has 0 unspecified atom stereocenters. The molecule has 42 heavy (non-hydrogen) atoms. The highest BCUT2D eigenvalue weighted by atomic mass is 16.7. The number of carbonyl (C=O) groups excluding carboxylic acids is 1. The molecule has 13 heteroatoms. The lowest BCUT2D eigenvalue weighted by molar-refractivity contribution is -0.357. The van der Waals surface area contributed by atoms with E-state index >= 15 is 0 Å². The van der Waals surface area contributed by atoms with Crippen molar-refractivity contribution in [2.24, 2.45) is 0 Å². The summed E-state index contributed by atoms with van der Waals surface area (Å²) >= 11 is 0. The second-order valence-corrected chi connectivity index (χ2v) is 10.1. The molecule has 230 valence electrons. The first-order valence-electron chi connectivity index (χ1n) is 13.4. The Balaban J connectivity index is 1.43. The third-order valence-electron chi connectivity index (χ3n) is 7.05. The number of hydrogen-bond donors (Lipinski definition) is 7. The first-order chi connectivity index (χ1) is 20.0. The Kier molecular flexibility index (Phi) is 10.9. The number of ether oxygens (including phenoxy) is 5. The highest BCUT2D eigenvalue weighted by Crippen LogP contribution is 2.30. The van der Waals surface area contributed by atoms with Crippen LogP contribution in [-0.2, 0) is 34.9 Å². The molecule has 0 radical (unpaired) electrons. The largest absolute Gasteiger partial charge is 0.508 e. The number of aliphatic hydroxyl groups is 5. The van der Waals surface area contributed by atoms with E-state index in [4.69, 9.17) is 23.7 Å². The number of carbonyl (C=O) groups is 1. The summed E-state index contributed by atoms with van der Waals surface area (Å²) in [6.45, 7) is 1.05. The predicted molar refractivity (Wildman–Crippen MR) is 144 cm³/mol. The second kappa shape index (κ2) is 14.4. The minimum Gasteiger partial charge on any atom is -0.508 e. The minimum absolute atomic E-state index is 0.0572. The number of rotatable bonds is 10. The van der Waals surface area contributed by atoms with Gasteiger partial charge in [-0.1, -0.05) is 24.3 Å². The van der Waals surface area contributed by atoms with Crippen LogP contribution in [0.4, 0.5) is 0 Å². The van der Waals surface area contributed by atoms with Gasteiger partial charge in [0.1, 0.15) is 60.8 Å². The standard InChI is InChI=1S/C29H36O13/c1-15-22(33)24(35)25(36)29(40-15)42-27-23(34)20(14-39-21(32)11-6-16-2-7-18(30)8-3-16)41-28(26(27)37)38-13-12-17-4-9-19(31)10-5-17/h2-11,15,20,22-31,33-37H,12-14H2,1H3/t15-,20+,22-,23+,24+,25+,26+,27-,28+,29-/m0/s1. The molecular weight excluding hydrogens is 556 g/mol. The van der Waals surface area contributed by atoms with Gasteiger partial charge in [0.25, 0.3) is 0 Å². The molecule has 13 nitrogen and oxygen atoms in total. The molecular formula is C29H36O13. The van der Waals surface area contributed by atoms with Gasteiger partial charge >= 0.3 is 5.97 Å². The van der Waals surface area contributed by atoms with E-state index in [2.05, 4.69) is 0 Å². The Bertz CT molecular complexity index is 1170. The minimum atomic E-state index is -1.70. The second-order valence-electron chi connectivity index (χ2n) is 10.1. The molecule has 10 atom stereocenters. The number of phenols is 2. The smallest absolute Gasteiger partial charge is 0.330 e. The van der Waals surface area contributed by atoms with Crippen molar-refractivity contribution in [1.82, 2.24) is 0 Å². The Hall–Kier alpha value is -3.11. The van der Waals surface area contributed by atoms with Crippen LogP contribution in [0.2, 0.25) is 0 Å². The molecule has 0 amide bonds. The van der Waals surface area contributed by atoms with Crippen molar-refractivity contribution in [1.29, 1.82) is 0 Å². The molecule has 4 rings (SSSR count). The van der Waals surface area contributed by atoms with Crippen LogP contribution in [-0.4, -0.2) is 116 Å². The van der Waals surface area contributed by atoms with Crippen molar-refractivity contribution in [3.05, 3.63) is 65.7 Å². The summed E-state index contributed by atoms with van der Waals surface area (Å²) in [4.78, 5) is 12.3. The number of aromatic hydroxyl groups is 2. The van der Waals surface area contributed by atoms with Gasteiger partial charge in [-0.15, -0.1) is 0 Å². The molecule has 0 saturated carbocycles. The molecule has 2 aromatic rings. The molecule has 2 aliphatic heterocycles. The summed E-state index contributed by atoms with van der Waals surface area (Å²) in [5, 5.41) is 71.4. The van der Waals surface area contributed by atoms with E-state index in [1.54, 1.807) is 24.3 Å². The van der Waals surface area contributed by atoms with Gasteiger partial charge in [0.2, 0.25) is 0 Å². The summed E-state index contributed by atoms with van der Waals surface area (Å²) < 4.78 is 27.9. The molecule has 2 saturated heterocycles. The third-order valence-corrected chi connectivity index (χ3v) is 7.05. The zero-order chi connectivity index (χ0) is 30.4. The van der Waals surface area contributed by atoms with Crippen LogP contribution >= 0.6 is 0 Å². The summed E-state index contributed by atoms with van der Waals surface area (Å²) in [6, 6.07) is 12.5. The van der Waals surface area contributed by atoms with Gasteiger partial charge in [0, 0.05) is 6.08 Å². The van der Waals surface area contributed by atoms with E-state index in [-0.39, 0.29) is 18.1 Å². The van der Waals surface area contributed by atoms with Gasteiger partial charge in [-0.2, -0.15) is 0 Å². The van der Waals surface area contributed by atoms with E-state index in [0.717, 1.165) is 11.6 Å². The monoisotopic (exact) mass is 592 g/mol. The normalized spacial score (nSPS) is 33.5. The SMILES string of the molecule is C[C@@H]1O[C@@H](O[C@@H]2[C@@H](O)[C@H](OCCc3ccc(O)cc3)O[C@H](COC(=O)C=Cc3ccc(O)cc3)[C@H]2O)[C@H](O)[C@H](O)[C@H]1O. The highest BCUT2D eigenvalue weighted by molar-refractivity contribution is 5.87. The van der Waals surface area contributed by atoms with Crippen molar-refractivity contribution in [2.75, 3.05) is 13.2 Å². The van der Waals surface area contributed by atoms with Crippen LogP contribution in [0.5, 0.6) is 11.5 Å². The Morgan fingerprint density at radius 2 is 1.45 bits per heavy atom. The number of aliphatic hydroxyl groups excluding tert-OH is 5. The summed E-state index contributed by atoms with van der Waals surface area (Å²) in [6.07, 6.45) is -11.4. The van der Waals surface area contributed by atoms with Crippen molar-refractivity contribution in [3.63, 3.8) is 0 Å². The fourth-order valence-electron chi connectivity index (χ4n) is 4.54. The molecule has 7 N–H and O–H groups in total. The van der Waals surface area contributed by atoms with Crippen LogP contribution in [0.3, 0.4) is 0 Å². The maximum absolute atomic E-state index is 12.3. The van der Waals surface area contributed by atoms with Crippen molar-refractivity contribution in [3.8, 4) is 11.5 Å². The molecule has 2 aromatic carbocycles. The lowest BCUT2D eigenvalue weighted by atomic mass is 9.97. The molecule has 2 aliphatic rings. The first kappa shape index (κ1) is 31.8. The fraction of sp³-hybridized carbons (Fsp3) is 0.483. The third kappa shape index (κ3) is 8.04. The average molecular weight is 593 g/mol. The zero-order valence-electron chi connectivity index (χ0n) is 22.7. The first-order valence-corrected chi connectivity index (χ1v) is 13.4. The van der Waals surface area contributed by atoms with E-state index in [1.807, 2.05) is 0 Å². The Labute approximate surface area is 241 Å². The van der Waals surface area contributed by atoms with Crippen LogP contribution in [0, 0.1) is 0 Å². The van der Waals surface area contributed by atoms with Crippen LogP contribution in [0.25, 0.3) is 6.08 Å². The maximum atomic E-state index is 12.3. The number of esters is 1. The summed E-state index contributed by atoms with van der Waals surface area (Å²) in [7, 11) is 0. The predicted octanol–water partition coefficient (Wildman–Crippen LogP) is -0.427. The Morgan fingerprint density at radius 1 is 0.810 bits per heavy atom. The highest BCUT2D eigenvalue weighted by Gasteiger charge is 2.50. The topological polar surface area (TPSA) is 205 Å². The molecule has 0 aliphatic carbocycles. The molecule has 2 fully saturated rings. The lowest BCUT2D eigenvalue weighted by Gasteiger charge is -2.45. The average Bonchev–Trinajstić information content (AvgIpc) is 2.97. The van der Waals surface area contributed by atoms with E-state index in [1.165, 1.54) is 37.3 Å². The van der Waals surface area contributed by atoms with Crippen molar-refractivity contribution < 1.29 is 64.2 Å². The quantitative estimate of drug-likeness (QED) is 0.138. The molecule has 0 aromatic heterocycles. The van der Waals surface area contributed by atoms with Gasteiger partial charge in [-0.25, -0.2) is 4.79 Å². The van der Waals surface area contributed by atoms with Crippen LogP contribution in [0.1, 0.15) is 18.1 Å². The molecule has 2 heterocycles. The van der Waals surface area contributed by atoms with Gasteiger partial charge in [-0.05, 0) is 54.8 Å². The fourth-order valence-corrected chi connectivity index (χ4v) is 4.54. The van der Waals surface area contributed by atoms with Crippen molar-refractivity contribution >= 4 is 12.0 Å². The van der Waals surface area contributed by atoms with Gasteiger partial charge in [-0.3, -0.25) is 0 Å². The summed E-state index contributed by atoms with van der Waals surface area (Å²) in [5.74, 6) is -0.582. The van der Waals surface area contributed by atoms with Crippen LogP contribution < -0.4 is 0 Å². The number of hydrogen-bond acceptors (Lipinski definition) is 13. The van der Waals surface area contributed by atoms with Crippen molar-refractivity contribution in [2.45, 2.75) is 74.8 Å². The van der Waals surface area contributed by atoms with E-state index in [9.17, 15) is 40.5 Å². The summed E-state index contributed by atoms with van der Waals surface area (Å²) in [5.41, 5.74) is 1.46. The van der Waals surface area contributed by atoms with Gasteiger partial charge < -0.3 is 59.4 Å². The van der Waals surface area contributed by atoms with Gasteiger partial charge in [0.15, 0.2) is 12.6 Å². The maximum Gasteiger partial charge on any atom is 0.330 e. The van der Waals surface area contributed by atoms with E-state index < -0.39 is 74.0 Å². The zero-order valence-corrected chi connectivity index (χ0v) is 22.7. The lowest BCUT2D eigenvalue weighted by Crippen LogP contribution is -2.64. The Morgan fingerprint density at radius 3 is 2.12 bits per heavy atom. The molecule has 0 spiro atoms. The van der Waals surface area contributed by atoms with E-state index in [0.29, 0.717) is 12.0 Å².